The number of carbonyl (C=O) groups is 1. The summed E-state index contributed by atoms with van der Waals surface area (Å²) in [5.41, 5.74) is 5.43. The van der Waals surface area contributed by atoms with Gasteiger partial charge in [0.15, 0.2) is 0 Å². The van der Waals surface area contributed by atoms with E-state index >= 15 is 0 Å². The summed E-state index contributed by atoms with van der Waals surface area (Å²) in [6.45, 7) is 0. The fraction of sp³-hybridized carbons (Fsp3) is 0.875. The predicted molar refractivity (Wildman–Crippen MR) is 50.3 cm³/mol. The Morgan fingerprint density at radius 3 is 2.92 bits per heavy atom. The van der Waals surface area contributed by atoms with Crippen molar-refractivity contribution in [2.45, 2.75) is 37.0 Å². The van der Waals surface area contributed by atoms with Crippen molar-refractivity contribution in [1.82, 2.24) is 0 Å². The van der Waals surface area contributed by atoms with Crippen molar-refractivity contribution in [2.75, 3.05) is 5.75 Å². The van der Waals surface area contributed by atoms with E-state index in [1.807, 2.05) is 11.8 Å². The lowest BCUT2D eigenvalue weighted by Crippen LogP contribution is -2.33. The van der Waals surface area contributed by atoms with Gasteiger partial charge in [0.2, 0.25) is 0 Å². The molecule has 1 unspecified atom stereocenters. The number of hydrogen-bond donors (Lipinski definition) is 2. The molecule has 0 aromatic rings. The second-order valence-electron chi connectivity index (χ2n) is 3.17. The minimum Gasteiger partial charge on any atom is -0.480 e. The maximum atomic E-state index is 10.4. The lowest BCUT2D eigenvalue weighted by molar-refractivity contribution is -0.138. The third kappa shape index (κ3) is 3.03. The molecule has 0 radical (unpaired) electrons. The molecule has 2 atom stereocenters. The van der Waals surface area contributed by atoms with Crippen LogP contribution in [0.15, 0.2) is 0 Å². The molecule has 1 heterocycles. The molecule has 0 aliphatic carbocycles. The molecular weight excluding hydrogens is 174 g/mol. The average Bonchev–Trinajstić information content (AvgIpc) is 2.06. The van der Waals surface area contributed by atoms with Crippen LogP contribution in [0.5, 0.6) is 0 Å². The molecule has 0 aromatic carbocycles. The van der Waals surface area contributed by atoms with Gasteiger partial charge in [-0.1, -0.05) is 6.42 Å². The van der Waals surface area contributed by atoms with Crippen LogP contribution >= 0.6 is 11.8 Å². The summed E-state index contributed by atoms with van der Waals surface area (Å²) in [4.78, 5) is 10.4. The summed E-state index contributed by atoms with van der Waals surface area (Å²) < 4.78 is 0. The molecule has 70 valence electrons. The molecule has 4 heteroatoms. The van der Waals surface area contributed by atoms with E-state index in [4.69, 9.17) is 10.8 Å². The summed E-state index contributed by atoms with van der Waals surface area (Å²) >= 11 is 1.87. The van der Waals surface area contributed by atoms with Crippen molar-refractivity contribution < 1.29 is 9.90 Å². The molecule has 0 saturated carbocycles. The molecule has 0 amide bonds. The molecule has 1 aliphatic rings. The van der Waals surface area contributed by atoms with E-state index in [0.717, 1.165) is 12.2 Å². The van der Waals surface area contributed by atoms with Crippen molar-refractivity contribution >= 4 is 17.7 Å². The van der Waals surface area contributed by atoms with Gasteiger partial charge in [0.1, 0.15) is 6.04 Å². The van der Waals surface area contributed by atoms with E-state index in [1.165, 1.54) is 12.8 Å². The Hall–Kier alpha value is -0.220. The fourth-order valence-corrected chi connectivity index (χ4v) is 2.76. The van der Waals surface area contributed by atoms with Crippen LogP contribution in [0, 0.1) is 0 Å². The van der Waals surface area contributed by atoms with Crippen LogP contribution in [-0.2, 0) is 4.79 Å². The van der Waals surface area contributed by atoms with Gasteiger partial charge in [0, 0.05) is 5.25 Å². The lowest BCUT2D eigenvalue weighted by atomic mass is 10.1. The van der Waals surface area contributed by atoms with E-state index in [2.05, 4.69) is 0 Å². The topological polar surface area (TPSA) is 63.3 Å². The SMILES string of the molecule is N[C@@H](CC1CCCCS1)C(=O)O. The van der Waals surface area contributed by atoms with Crippen molar-refractivity contribution in [3.8, 4) is 0 Å². The highest BCUT2D eigenvalue weighted by atomic mass is 32.2. The van der Waals surface area contributed by atoms with Crippen LogP contribution in [0.1, 0.15) is 25.7 Å². The van der Waals surface area contributed by atoms with E-state index in [0.29, 0.717) is 11.7 Å². The zero-order valence-electron chi connectivity index (χ0n) is 7.03. The zero-order chi connectivity index (χ0) is 8.97. The Morgan fingerprint density at radius 1 is 1.67 bits per heavy atom. The van der Waals surface area contributed by atoms with Gasteiger partial charge in [-0.2, -0.15) is 11.8 Å². The number of nitrogens with two attached hydrogens (primary N) is 1. The molecule has 0 bridgehead atoms. The number of carboxylic acids is 1. The molecular formula is C8H15NO2S. The normalized spacial score (nSPS) is 26.6. The van der Waals surface area contributed by atoms with Gasteiger partial charge in [0.25, 0.3) is 0 Å². The highest BCUT2D eigenvalue weighted by molar-refractivity contribution is 7.99. The van der Waals surface area contributed by atoms with Gasteiger partial charge in [-0.3, -0.25) is 4.79 Å². The maximum absolute atomic E-state index is 10.4. The van der Waals surface area contributed by atoms with E-state index in [9.17, 15) is 4.79 Å². The third-order valence-corrected chi connectivity index (χ3v) is 3.53. The minimum absolute atomic E-state index is 0.477. The molecule has 0 spiro atoms. The summed E-state index contributed by atoms with van der Waals surface area (Å²) in [5.74, 6) is 0.290. The summed E-state index contributed by atoms with van der Waals surface area (Å²) in [6.07, 6.45) is 4.25. The Balaban J connectivity index is 2.24. The zero-order valence-corrected chi connectivity index (χ0v) is 7.85. The fourth-order valence-electron chi connectivity index (χ4n) is 1.38. The largest absolute Gasteiger partial charge is 0.480 e. The first-order valence-electron chi connectivity index (χ1n) is 4.30. The van der Waals surface area contributed by atoms with E-state index in [-0.39, 0.29) is 0 Å². The van der Waals surface area contributed by atoms with Crippen LogP contribution in [0.2, 0.25) is 0 Å². The predicted octanol–water partition coefficient (Wildman–Crippen LogP) is 1.07. The van der Waals surface area contributed by atoms with Gasteiger partial charge >= 0.3 is 5.97 Å². The highest BCUT2D eigenvalue weighted by Gasteiger charge is 2.20. The first-order chi connectivity index (χ1) is 5.70. The summed E-state index contributed by atoms with van der Waals surface area (Å²) in [6, 6.07) is -0.666. The lowest BCUT2D eigenvalue weighted by Gasteiger charge is -2.22. The molecule has 1 aliphatic heterocycles. The van der Waals surface area contributed by atoms with E-state index < -0.39 is 12.0 Å². The molecule has 3 N–H and O–H groups in total. The molecule has 12 heavy (non-hydrogen) atoms. The number of rotatable bonds is 3. The summed E-state index contributed by atoms with van der Waals surface area (Å²) in [5, 5.41) is 9.06. The molecule has 1 rings (SSSR count). The summed E-state index contributed by atoms with van der Waals surface area (Å²) in [7, 11) is 0. The second kappa shape index (κ2) is 4.72. The van der Waals surface area contributed by atoms with Gasteiger partial charge in [0.05, 0.1) is 0 Å². The second-order valence-corrected chi connectivity index (χ2v) is 4.58. The average molecular weight is 189 g/mol. The van der Waals surface area contributed by atoms with Crippen molar-refractivity contribution in [3.05, 3.63) is 0 Å². The molecule has 0 aromatic heterocycles. The quantitative estimate of drug-likeness (QED) is 0.697. The van der Waals surface area contributed by atoms with Crippen LogP contribution < -0.4 is 5.73 Å². The van der Waals surface area contributed by atoms with Crippen LogP contribution in [-0.4, -0.2) is 28.1 Å². The van der Waals surface area contributed by atoms with Gasteiger partial charge in [-0.25, -0.2) is 0 Å². The minimum atomic E-state index is -0.874. The maximum Gasteiger partial charge on any atom is 0.320 e. The van der Waals surface area contributed by atoms with Crippen LogP contribution in [0.3, 0.4) is 0 Å². The molecule has 1 fully saturated rings. The van der Waals surface area contributed by atoms with Crippen molar-refractivity contribution in [3.63, 3.8) is 0 Å². The van der Waals surface area contributed by atoms with Gasteiger partial charge in [-0.15, -0.1) is 0 Å². The Bertz CT molecular complexity index is 157. The Labute approximate surface area is 76.7 Å². The number of aliphatic carboxylic acids is 1. The highest BCUT2D eigenvalue weighted by Crippen LogP contribution is 2.27. The van der Waals surface area contributed by atoms with Crippen molar-refractivity contribution in [1.29, 1.82) is 0 Å². The monoisotopic (exact) mass is 189 g/mol. The van der Waals surface area contributed by atoms with Crippen LogP contribution in [0.25, 0.3) is 0 Å². The van der Waals surface area contributed by atoms with Crippen molar-refractivity contribution in [2.24, 2.45) is 5.73 Å². The van der Waals surface area contributed by atoms with Gasteiger partial charge in [-0.05, 0) is 25.0 Å². The first-order valence-corrected chi connectivity index (χ1v) is 5.35. The standard InChI is InChI=1S/C8H15NO2S/c9-7(8(10)11)5-6-3-1-2-4-12-6/h6-7H,1-5,9H2,(H,10,11)/t6?,7-/m0/s1. The number of carboxylic acid groups (broad SMARTS) is 1. The molecule has 1 saturated heterocycles. The molecule has 3 nitrogen and oxygen atoms in total. The first kappa shape index (κ1) is 9.86. The van der Waals surface area contributed by atoms with Crippen LogP contribution in [0.4, 0.5) is 0 Å². The number of hydrogen-bond acceptors (Lipinski definition) is 3. The van der Waals surface area contributed by atoms with E-state index in [1.54, 1.807) is 0 Å². The third-order valence-electron chi connectivity index (χ3n) is 2.11. The number of thioether (sulfide) groups is 1. The smallest absolute Gasteiger partial charge is 0.320 e. The van der Waals surface area contributed by atoms with Gasteiger partial charge < -0.3 is 10.8 Å². The Kier molecular flexibility index (Phi) is 3.88. The Morgan fingerprint density at radius 2 is 2.42 bits per heavy atom.